The minimum Gasteiger partial charge on any atom is -0.481 e. The van der Waals surface area contributed by atoms with Crippen LogP contribution in [0.15, 0.2) is 48.9 Å². The normalized spacial score (nSPS) is 18.3. The van der Waals surface area contributed by atoms with E-state index in [4.69, 9.17) is 15.7 Å². The number of carboxylic acid groups (broad SMARTS) is 1. The zero-order valence-electron chi connectivity index (χ0n) is 19.3. The van der Waals surface area contributed by atoms with Gasteiger partial charge in [0.25, 0.3) is 0 Å². The number of nitrogens with two attached hydrogens (primary N) is 1. The standard InChI is InChI=1S/C26H25N7O2/c1-14-23(15-2-4-16(5-3-15)26(34)35)31-25-20(13-30-33(25)24(14)27)18-7-8-21(28-11-18)17-6-9-22-19(10-17)12-29-32-22/h6-13,15-16H,2-5,27H2,1H3,(H,29,32)(H,34,35). The summed E-state index contributed by atoms with van der Waals surface area (Å²) in [4.78, 5) is 21.1. The first kappa shape index (κ1) is 21.3. The molecule has 0 radical (unpaired) electrons. The Morgan fingerprint density at radius 3 is 2.63 bits per heavy atom. The summed E-state index contributed by atoms with van der Waals surface area (Å²) < 4.78 is 1.68. The molecule has 0 atom stereocenters. The fraction of sp³-hybridized carbons (Fsp3) is 0.269. The Morgan fingerprint density at radius 1 is 1.09 bits per heavy atom. The van der Waals surface area contributed by atoms with Gasteiger partial charge in [-0.2, -0.15) is 14.7 Å². The highest BCUT2D eigenvalue weighted by Gasteiger charge is 2.29. The number of benzene rings is 1. The van der Waals surface area contributed by atoms with Crippen molar-refractivity contribution >= 4 is 28.3 Å². The maximum atomic E-state index is 11.4. The molecule has 9 heteroatoms. The van der Waals surface area contributed by atoms with Crippen molar-refractivity contribution in [2.24, 2.45) is 5.92 Å². The molecule has 1 aromatic carbocycles. The van der Waals surface area contributed by atoms with Gasteiger partial charge in [-0.05, 0) is 50.8 Å². The molecule has 0 amide bonds. The van der Waals surface area contributed by atoms with E-state index in [1.54, 1.807) is 16.9 Å². The van der Waals surface area contributed by atoms with Crippen molar-refractivity contribution in [2.45, 2.75) is 38.5 Å². The van der Waals surface area contributed by atoms with Gasteiger partial charge >= 0.3 is 5.97 Å². The topological polar surface area (TPSA) is 135 Å². The number of carbonyl (C=O) groups is 1. The molecule has 1 aliphatic carbocycles. The number of aromatic amines is 1. The van der Waals surface area contributed by atoms with E-state index >= 15 is 0 Å². The number of nitrogens with one attached hydrogen (secondary N) is 1. The van der Waals surface area contributed by atoms with Gasteiger partial charge in [-0.1, -0.05) is 12.1 Å². The third kappa shape index (κ3) is 3.60. The summed E-state index contributed by atoms with van der Waals surface area (Å²) in [7, 11) is 0. The molecule has 1 aliphatic rings. The molecule has 0 aliphatic heterocycles. The zero-order valence-corrected chi connectivity index (χ0v) is 19.3. The van der Waals surface area contributed by atoms with Crippen LogP contribution in [0.3, 0.4) is 0 Å². The second-order valence-electron chi connectivity index (χ2n) is 9.29. The van der Waals surface area contributed by atoms with E-state index in [0.29, 0.717) is 24.3 Å². The molecule has 176 valence electrons. The average molecular weight is 468 g/mol. The molecule has 4 aromatic heterocycles. The Labute approximate surface area is 201 Å². The minimum atomic E-state index is -0.707. The van der Waals surface area contributed by atoms with Crippen molar-refractivity contribution in [3.05, 3.63) is 60.2 Å². The molecular formula is C26H25N7O2. The molecule has 4 heterocycles. The lowest BCUT2D eigenvalue weighted by atomic mass is 9.79. The predicted molar refractivity (Wildman–Crippen MR) is 133 cm³/mol. The van der Waals surface area contributed by atoms with Crippen LogP contribution in [-0.4, -0.2) is 40.9 Å². The lowest BCUT2D eigenvalue weighted by Crippen LogP contribution is -2.22. The van der Waals surface area contributed by atoms with Gasteiger partial charge in [0, 0.05) is 39.8 Å². The maximum absolute atomic E-state index is 11.4. The number of nitrogens with zero attached hydrogens (tertiary/aromatic N) is 5. The summed E-state index contributed by atoms with van der Waals surface area (Å²) in [6.07, 6.45) is 8.32. The van der Waals surface area contributed by atoms with E-state index in [0.717, 1.165) is 57.4 Å². The summed E-state index contributed by atoms with van der Waals surface area (Å²) in [5.74, 6) is -0.215. The highest BCUT2D eigenvalue weighted by molar-refractivity contribution is 5.84. The number of anilines is 1. The summed E-state index contributed by atoms with van der Waals surface area (Å²) in [5, 5.41) is 21.9. The Kier molecular flexibility index (Phi) is 4.98. The van der Waals surface area contributed by atoms with Crippen molar-refractivity contribution in [1.29, 1.82) is 0 Å². The molecule has 0 spiro atoms. The van der Waals surface area contributed by atoms with Crippen LogP contribution in [0.5, 0.6) is 0 Å². The van der Waals surface area contributed by atoms with Gasteiger partial charge in [0.15, 0.2) is 5.65 Å². The highest BCUT2D eigenvalue weighted by atomic mass is 16.4. The average Bonchev–Trinajstić information content (AvgIpc) is 3.53. The van der Waals surface area contributed by atoms with Crippen LogP contribution in [0, 0.1) is 12.8 Å². The lowest BCUT2D eigenvalue weighted by molar-refractivity contribution is -0.142. The zero-order chi connectivity index (χ0) is 24.1. The van der Waals surface area contributed by atoms with Crippen LogP contribution in [0.2, 0.25) is 0 Å². The Balaban J connectivity index is 1.35. The van der Waals surface area contributed by atoms with Crippen LogP contribution >= 0.6 is 0 Å². The lowest BCUT2D eigenvalue weighted by Gasteiger charge is -2.27. The fourth-order valence-electron chi connectivity index (χ4n) is 5.15. The number of nitrogen functional groups attached to an aromatic ring is 1. The van der Waals surface area contributed by atoms with Crippen LogP contribution in [0.25, 0.3) is 38.9 Å². The Bertz CT molecular complexity index is 1560. The number of hydrogen-bond donors (Lipinski definition) is 3. The third-order valence-electron chi connectivity index (χ3n) is 7.24. The summed E-state index contributed by atoms with van der Waals surface area (Å²) in [5.41, 5.74) is 13.7. The first-order valence-corrected chi connectivity index (χ1v) is 11.8. The fourth-order valence-corrected chi connectivity index (χ4v) is 5.15. The monoisotopic (exact) mass is 467 g/mol. The highest BCUT2D eigenvalue weighted by Crippen LogP contribution is 2.38. The quantitative estimate of drug-likeness (QED) is 0.352. The molecule has 5 aromatic rings. The van der Waals surface area contributed by atoms with E-state index in [9.17, 15) is 9.90 Å². The predicted octanol–water partition coefficient (Wildman–Crippen LogP) is 4.58. The SMILES string of the molecule is Cc1c(C2CCC(C(=O)O)CC2)nc2c(-c3ccc(-c4ccc5[nH]ncc5c4)nc3)cnn2c1N. The minimum absolute atomic E-state index is 0.194. The summed E-state index contributed by atoms with van der Waals surface area (Å²) in [6.45, 7) is 1.97. The molecule has 1 saturated carbocycles. The third-order valence-corrected chi connectivity index (χ3v) is 7.24. The largest absolute Gasteiger partial charge is 0.481 e. The van der Waals surface area contributed by atoms with E-state index < -0.39 is 5.97 Å². The van der Waals surface area contributed by atoms with Crippen LogP contribution in [0.1, 0.15) is 42.9 Å². The van der Waals surface area contributed by atoms with E-state index in [1.165, 1.54) is 0 Å². The van der Waals surface area contributed by atoms with Gasteiger partial charge in [0.05, 0.1) is 35.2 Å². The van der Waals surface area contributed by atoms with E-state index in [1.807, 2.05) is 37.4 Å². The number of rotatable bonds is 4. The second-order valence-corrected chi connectivity index (χ2v) is 9.29. The molecule has 6 rings (SSSR count). The van der Waals surface area contributed by atoms with Crippen molar-refractivity contribution in [3.63, 3.8) is 0 Å². The van der Waals surface area contributed by atoms with Gasteiger partial charge < -0.3 is 10.8 Å². The molecule has 0 bridgehead atoms. The molecule has 0 unspecified atom stereocenters. The first-order valence-electron chi connectivity index (χ1n) is 11.8. The van der Waals surface area contributed by atoms with Crippen molar-refractivity contribution in [3.8, 4) is 22.4 Å². The Morgan fingerprint density at radius 2 is 1.89 bits per heavy atom. The summed E-state index contributed by atoms with van der Waals surface area (Å²) >= 11 is 0. The molecule has 4 N–H and O–H groups in total. The van der Waals surface area contributed by atoms with Crippen LogP contribution < -0.4 is 5.73 Å². The first-order chi connectivity index (χ1) is 17.0. The van der Waals surface area contributed by atoms with Crippen LogP contribution in [0.4, 0.5) is 5.82 Å². The van der Waals surface area contributed by atoms with Crippen molar-refractivity contribution in [1.82, 2.24) is 29.8 Å². The van der Waals surface area contributed by atoms with Gasteiger partial charge in [-0.3, -0.25) is 14.9 Å². The molecular weight excluding hydrogens is 442 g/mol. The molecule has 35 heavy (non-hydrogen) atoms. The molecule has 1 fully saturated rings. The number of aliphatic carboxylic acids is 1. The van der Waals surface area contributed by atoms with Gasteiger partial charge in [-0.25, -0.2) is 4.98 Å². The number of H-pyrrole nitrogens is 1. The maximum Gasteiger partial charge on any atom is 0.306 e. The van der Waals surface area contributed by atoms with Gasteiger partial charge in [0.1, 0.15) is 5.82 Å². The smallest absolute Gasteiger partial charge is 0.306 e. The number of carboxylic acids is 1. The Hall–Kier alpha value is -4.27. The number of fused-ring (bicyclic) bond motifs is 2. The number of pyridine rings is 1. The summed E-state index contributed by atoms with van der Waals surface area (Å²) in [6, 6.07) is 10.1. The van der Waals surface area contributed by atoms with E-state index in [-0.39, 0.29) is 11.8 Å². The second kappa shape index (κ2) is 8.19. The van der Waals surface area contributed by atoms with Crippen molar-refractivity contribution in [2.75, 3.05) is 5.73 Å². The number of hydrogen-bond acceptors (Lipinski definition) is 6. The van der Waals surface area contributed by atoms with Gasteiger partial charge in [0.2, 0.25) is 0 Å². The molecule has 9 nitrogen and oxygen atoms in total. The van der Waals surface area contributed by atoms with Crippen LogP contribution in [-0.2, 0) is 4.79 Å². The number of aromatic nitrogens is 6. The molecule has 0 saturated heterocycles. The van der Waals surface area contributed by atoms with E-state index in [2.05, 4.69) is 21.4 Å². The van der Waals surface area contributed by atoms with Crippen molar-refractivity contribution < 1.29 is 9.90 Å². The van der Waals surface area contributed by atoms with Gasteiger partial charge in [-0.15, -0.1) is 0 Å².